The number of hydrogen-bond donors (Lipinski definition) is 0. The lowest BCUT2D eigenvalue weighted by Crippen LogP contribution is -2.30. The second kappa shape index (κ2) is 8.07. The Morgan fingerprint density at radius 1 is 1.04 bits per heavy atom. The number of likely N-dealkylation sites (tertiary alicyclic amines) is 1. The van der Waals surface area contributed by atoms with Gasteiger partial charge in [0.25, 0.3) is 5.91 Å². The smallest absolute Gasteiger partial charge is 0.259 e. The van der Waals surface area contributed by atoms with Crippen LogP contribution in [-0.4, -0.2) is 42.1 Å². The van der Waals surface area contributed by atoms with Gasteiger partial charge in [-0.15, -0.1) is 11.8 Å². The normalized spacial score (nSPS) is 15.9. The summed E-state index contributed by atoms with van der Waals surface area (Å²) in [5, 5.41) is 0. The highest BCUT2D eigenvalue weighted by Gasteiger charge is 2.27. The van der Waals surface area contributed by atoms with Gasteiger partial charge in [-0.05, 0) is 55.2 Å². The maximum absolute atomic E-state index is 13.2. The number of rotatable bonds is 4. The lowest BCUT2D eigenvalue weighted by molar-refractivity contribution is -0.127. The van der Waals surface area contributed by atoms with Crippen molar-refractivity contribution in [2.24, 2.45) is 0 Å². The van der Waals surface area contributed by atoms with Gasteiger partial charge in [-0.2, -0.15) is 0 Å². The molecular formula is C21H21BrN2O2S. The van der Waals surface area contributed by atoms with Gasteiger partial charge < -0.3 is 9.80 Å². The quantitative estimate of drug-likeness (QED) is 0.657. The van der Waals surface area contributed by atoms with Crippen molar-refractivity contribution in [1.82, 2.24) is 4.90 Å². The molecule has 0 bridgehead atoms. The molecule has 0 unspecified atom stereocenters. The van der Waals surface area contributed by atoms with Crippen LogP contribution in [0.2, 0.25) is 0 Å². The molecule has 2 aromatic rings. The first-order chi connectivity index (χ1) is 13.1. The molecule has 4 rings (SSSR count). The Labute approximate surface area is 172 Å². The van der Waals surface area contributed by atoms with E-state index < -0.39 is 0 Å². The molecule has 2 aliphatic heterocycles. The van der Waals surface area contributed by atoms with E-state index in [2.05, 4.69) is 22.0 Å². The van der Waals surface area contributed by atoms with Crippen molar-refractivity contribution in [3.05, 3.63) is 58.1 Å². The van der Waals surface area contributed by atoms with Crippen molar-refractivity contribution < 1.29 is 9.59 Å². The number of hydrogen-bond acceptors (Lipinski definition) is 3. The molecular weight excluding hydrogens is 424 g/mol. The van der Waals surface area contributed by atoms with Crippen LogP contribution in [0.15, 0.2) is 51.8 Å². The van der Waals surface area contributed by atoms with Gasteiger partial charge in [-0.3, -0.25) is 9.59 Å². The highest BCUT2D eigenvalue weighted by atomic mass is 79.9. The van der Waals surface area contributed by atoms with Crippen LogP contribution in [0.5, 0.6) is 0 Å². The van der Waals surface area contributed by atoms with E-state index in [1.54, 1.807) is 0 Å². The van der Waals surface area contributed by atoms with Gasteiger partial charge >= 0.3 is 0 Å². The molecule has 2 amide bonds. The summed E-state index contributed by atoms with van der Waals surface area (Å²) in [6.45, 7) is 2.41. The van der Waals surface area contributed by atoms with E-state index in [1.165, 1.54) is 17.3 Å². The van der Waals surface area contributed by atoms with Gasteiger partial charge in [-0.1, -0.05) is 28.1 Å². The first-order valence-corrected chi connectivity index (χ1v) is 11.0. The molecule has 0 saturated carbocycles. The summed E-state index contributed by atoms with van der Waals surface area (Å²) in [6.07, 6.45) is 3.05. The SMILES string of the molecule is O=C(CSc1ccccc1C(=O)N1CCc2cc(Br)ccc21)N1CCCC1. The minimum atomic E-state index is 0.00722. The fraction of sp³-hybridized carbons (Fsp3) is 0.333. The van der Waals surface area contributed by atoms with Crippen LogP contribution in [0.4, 0.5) is 5.69 Å². The molecule has 27 heavy (non-hydrogen) atoms. The molecule has 4 nitrogen and oxygen atoms in total. The summed E-state index contributed by atoms with van der Waals surface area (Å²) in [7, 11) is 0. The molecule has 1 saturated heterocycles. The van der Waals surface area contributed by atoms with E-state index in [9.17, 15) is 9.59 Å². The molecule has 2 aliphatic rings. The molecule has 2 heterocycles. The van der Waals surface area contributed by atoms with Crippen molar-refractivity contribution in [3.63, 3.8) is 0 Å². The average Bonchev–Trinajstić information content (AvgIpc) is 3.35. The Morgan fingerprint density at radius 2 is 1.81 bits per heavy atom. The van der Waals surface area contributed by atoms with Gasteiger partial charge in [0.15, 0.2) is 0 Å². The fourth-order valence-corrected chi connectivity index (χ4v) is 5.05. The minimum Gasteiger partial charge on any atom is -0.342 e. The number of benzene rings is 2. The topological polar surface area (TPSA) is 40.6 Å². The van der Waals surface area contributed by atoms with E-state index in [1.807, 2.05) is 46.2 Å². The number of fused-ring (bicyclic) bond motifs is 1. The highest BCUT2D eigenvalue weighted by Crippen LogP contribution is 2.33. The second-order valence-electron chi connectivity index (χ2n) is 6.85. The van der Waals surface area contributed by atoms with E-state index in [0.29, 0.717) is 17.9 Å². The van der Waals surface area contributed by atoms with Crippen LogP contribution in [0.3, 0.4) is 0 Å². The van der Waals surface area contributed by atoms with E-state index in [0.717, 1.165) is 47.4 Å². The second-order valence-corrected chi connectivity index (χ2v) is 8.79. The Bertz CT molecular complexity index is 880. The number of nitrogens with zero attached hydrogens (tertiary/aromatic N) is 2. The maximum Gasteiger partial charge on any atom is 0.259 e. The number of anilines is 1. The molecule has 6 heteroatoms. The number of thioether (sulfide) groups is 1. The maximum atomic E-state index is 13.2. The third-order valence-corrected chi connectivity index (χ3v) is 6.66. The molecule has 0 radical (unpaired) electrons. The summed E-state index contributed by atoms with van der Waals surface area (Å²) in [6, 6.07) is 13.7. The number of amides is 2. The third-order valence-electron chi connectivity index (χ3n) is 5.11. The van der Waals surface area contributed by atoms with Crippen molar-refractivity contribution in [2.45, 2.75) is 24.2 Å². The first kappa shape index (κ1) is 18.6. The molecule has 0 spiro atoms. The monoisotopic (exact) mass is 444 g/mol. The predicted octanol–water partition coefficient (Wildman–Crippen LogP) is 4.37. The molecule has 0 N–H and O–H groups in total. The lowest BCUT2D eigenvalue weighted by Gasteiger charge is -2.20. The van der Waals surface area contributed by atoms with Gasteiger partial charge in [0.05, 0.1) is 11.3 Å². The van der Waals surface area contributed by atoms with Crippen molar-refractivity contribution in [1.29, 1.82) is 0 Å². The zero-order chi connectivity index (χ0) is 18.8. The van der Waals surface area contributed by atoms with E-state index in [4.69, 9.17) is 0 Å². The number of carbonyl (C=O) groups is 2. The summed E-state index contributed by atoms with van der Waals surface area (Å²) < 4.78 is 1.03. The van der Waals surface area contributed by atoms with Crippen LogP contribution in [0.25, 0.3) is 0 Å². The number of carbonyl (C=O) groups excluding carboxylic acids is 2. The van der Waals surface area contributed by atoms with Crippen molar-refractivity contribution in [3.8, 4) is 0 Å². The van der Waals surface area contributed by atoms with Crippen LogP contribution < -0.4 is 4.90 Å². The Balaban J connectivity index is 1.51. The minimum absolute atomic E-state index is 0.00722. The molecule has 0 aliphatic carbocycles. The number of halogens is 1. The summed E-state index contributed by atoms with van der Waals surface area (Å²) in [4.78, 5) is 30.2. The third kappa shape index (κ3) is 3.92. The van der Waals surface area contributed by atoms with Crippen molar-refractivity contribution >= 4 is 45.2 Å². The standard InChI is InChI=1S/C21H21BrN2O2S/c22-16-7-8-18-15(13-16)9-12-24(18)21(26)17-5-1-2-6-19(17)27-14-20(25)23-10-3-4-11-23/h1-2,5-8,13H,3-4,9-12,14H2. The van der Waals surface area contributed by atoms with Gasteiger partial charge in [-0.25, -0.2) is 0 Å². The van der Waals surface area contributed by atoms with E-state index in [-0.39, 0.29) is 11.8 Å². The average molecular weight is 445 g/mol. The van der Waals surface area contributed by atoms with Crippen molar-refractivity contribution in [2.75, 3.05) is 30.3 Å². The van der Waals surface area contributed by atoms with Gasteiger partial charge in [0, 0.05) is 34.7 Å². The zero-order valence-electron chi connectivity index (χ0n) is 15.0. The predicted molar refractivity (Wildman–Crippen MR) is 113 cm³/mol. The summed E-state index contributed by atoms with van der Waals surface area (Å²) in [5.41, 5.74) is 2.84. The Kier molecular flexibility index (Phi) is 5.55. The molecule has 140 valence electrons. The van der Waals surface area contributed by atoms with Crippen LogP contribution in [-0.2, 0) is 11.2 Å². The van der Waals surface area contributed by atoms with Crippen LogP contribution >= 0.6 is 27.7 Å². The van der Waals surface area contributed by atoms with Gasteiger partial charge in [0.2, 0.25) is 5.91 Å². The molecule has 1 fully saturated rings. The van der Waals surface area contributed by atoms with Crippen LogP contribution in [0, 0.1) is 0 Å². The molecule has 0 aromatic heterocycles. The van der Waals surface area contributed by atoms with Crippen LogP contribution in [0.1, 0.15) is 28.8 Å². The molecule has 2 aromatic carbocycles. The first-order valence-electron chi connectivity index (χ1n) is 9.23. The summed E-state index contributed by atoms with van der Waals surface area (Å²) in [5.74, 6) is 0.553. The Morgan fingerprint density at radius 3 is 2.63 bits per heavy atom. The summed E-state index contributed by atoms with van der Waals surface area (Å²) >= 11 is 4.96. The largest absolute Gasteiger partial charge is 0.342 e. The molecule has 0 atom stereocenters. The Hall–Kier alpha value is -1.79. The lowest BCUT2D eigenvalue weighted by atomic mass is 10.1. The van der Waals surface area contributed by atoms with Gasteiger partial charge in [0.1, 0.15) is 0 Å². The zero-order valence-corrected chi connectivity index (χ0v) is 17.4. The van der Waals surface area contributed by atoms with E-state index >= 15 is 0 Å². The fourth-order valence-electron chi connectivity index (χ4n) is 3.69. The highest BCUT2D eigenvalue weighted by molar-refractivity contribution is 9.10.